The zero-order valence-electron chi connectivity index (χ0n) is 8.63. The van der Waals surface area contributed by atoms with Crippen molar-refractivity contribution in [1.29, 1.82) is 0 Å². The second kappa shape index (κ2) is 5.67. The van der Waals surface area contributed by atoms with E-state index in [2.05, 4.69) is 10.6 Å². The minimum absolute atomic E-state index is 0.00450. The topological polar surface area (TPSA) is 61.4 Å². The summed E-state index contributed by atoms with van der Waals surface area (Å²) in [5.74, 6) is -0.684. The Balaban J connectivity index is 2.66. The number of halogens is 2. The lowest BCUT2D eigenvalue weighted by molar-refractivity contribution is 0.229. The van der Waals surface area contributed by atoms with Gasteiger partial charge >= 0.3 is 6.03 Å². The number of rotatable bonds is 3. The van der Waals surface area contributed by atoms with Crippen molar-refractivity contribution >= 4 is 23.3 Å². The first-order valence-corrected chi connectivity index (χ1v) is 5.04. The molecule has 16 heavy (non-hydrogen) atoms. The predicted molar refractivity (Wildman–Crippen MR) is 60.1 cm³/mol. The zero-order chi connectivity index (χ0) is 12.1. The highest BCUT2D eigenvalue weighted by molar-refractivity contribution is 6.31. The van der Waals surface area contributed by atoms with Crippen LogP contribution in [0, 0.1) is 5.82 Å². The molecule has 88 valence electrons. The van der Waals surface area contributed by atoms with Crippen LogP contribution < -0.4 is 10.6 Å². The first-order chi connectivity index (χ1) is 7.54. The van der Waals surface area contributed by atoms with Crippen LogP contribution in [-0.4, -0.2) is 23.8 Å². The molecule has 1 aromatic carbocycles. The molecule has 0 bridgehead atoms. The van der Waals surface area contributed by atoms with Crippen LogP contribution in [0.1, 0.15) is 6.92 Å². The molecule has 0 spiro atoms. The lowest BCUT2D eigenvalue weighted by atomic mass is 10.3. The molecular weight excluding hydrogens is 235 g/mol. The van der Waals surface area contributed by atoms with E-state index in [4.69, 9.17) is 16.7 Å². The summed E-state index contributed by atoms with van der Waals surface area (Å²) in [7, 11) is 0. The summed E-state index contributed by atoms with van der Waals surface area (Å²) in [4.78, 5) is 11.3. The molecule has 0 fully saturated rings. The molecular formula is C10H12ClFN2O2. The maximum Gasteiger partial charge on any atom is 0.319 e. The van der Waals surface area contributed by atoms with Crippen LogP contribution in [0.3, 0.4) is 0 Å². The fraction of sp³-hybridized carbons (Fsp3) is 0.300. The van der Waals surface area contributed by atoms with Crippen LogP contribution in [0.4, 0.5) is 14.9 Å². The Kier molecular flexibility index (Phi) is 4.52. The van der Waals surface area contributed by atoms with Crippen LogP contribution in [0.15, 0.2) is 18.2 Å². The van der Waals surface area contributed by atoms with Crippen molar-refractivity contribution in [1.82, 2.24) is 5.32 Å². The van der Waals surface area contributed by atoms with E-state index in [1.54, 1.807) is 6.92 Å². The zero-order valence-corrected chi connectivity index (χ0v) is 9.38. The first-order valence-electron chi connectivity index (χ1n) is 4.67. The number of hydrogen-bond donors (Lipinski definition) is 3. The van der Waals surface area contributed by atoms with E-state index in [9.17, 15) is 9.18 Å². The van der Waals surface area contributed by atoms with E-state index in [0.29, 0.717) is 0 Å². The van der Waals surface area contributed by atoms with E-state index < -0.39 is 17.9 Å². The number of urea groups is 1. The molecule has 0 aliphatic heterocycles. The number of aliphatic hydroxyl groups is 1. The van der Waals surface area contributed by atoms with E-state index in [0.717, 1.165) is 0 Å². The van der Waals surface area contributed by atoms with Crippen LogP contribution in [0.5, 0.6) is 0 Å². The van der Waals surface area contributed by atoms with Crippen molar-refractivity contribution in [2.24, 2.45) is 0 Å². The van der Waals surface area contributed by atoms with Crippen molar-refractivity contribution in [3.05, 3.63) is 29.0 Å². The number of nitrogens with one attached hydrogen (secondary N) is 2. The number of aliphatic hydroxyl groups excluding tert-OH is 1. The third-order valence-electron chi connectivity index (χ3n) is 1.85. The summed E-state index contributed by atoms with van der Waals surface area (Å²) >= 11 is 5.54. The SMILES string of the molecule is C[C@H](CO)NC(=O)Nc1cccc(Cl)c1F. The third-order valence-corrected chi connectivity index (χ3v) is 2.14. The Bertz CT molecular complexity index is 387. The summed E-state index contributed by atoms with van der Waals surface area (Å²) in [6.07, 6.45) is 0. The van der Waals surface area contributed by atoms with Gasteiger partial charge in [0.1, 0.15) is 0 Å². The lowest BCUT2D eigenvalue weighted by Gasteiger charge is -2.12. The molecule has 6 heteroatoms. The van der Waals surface area contributed by atoms with Crippen LogP contribution in [-0.2, 0) is 0 Å². The minimum atomic E-state index is -0.684. The average molecular weight is 247 g/mol. The number of amides is 2. The average Bonchev–Trinajstić information content (AvgIpc) is 2.24. The molecule has 0 saturated carbocycles. The number of carbonyl (C=O) groups excluding carboxylic acids is 1. The van der Waals surface area contributed by atoms with Gasteiger partial charge in [-0.05, 0) is 19.1 Å². The van der Waals surface area contributed by atoms with Crippen molar-refractivity contribution in [3.63, 3.8) is 0 Å². The molecule has 4 nitrogen and oxygen atoms in total. The van der Waals surface area contributed by atoms with Gasteiger partial charge in [-0.2, -0.15) is 0 Å². The molecule has 0 heterocycles. The fourth-order valence-corrected chi connectivity index (χ4v) is 1.20. The molecule has 0 radical (unpaired) electrons. The smallest absolute Gasteiger partial charge is 0.319 e. The fourth-order valence-electron chi connectivity index (χ4n) is 1.03. The van der Waals surface area contributed by atoms with Crippen LogP contribution >= 0.6 is 11.6 Å². The maximum atomic E-state index is 13.4. The van der Waals surface area contributed by atoms with Gasteiger partial charge in [0.2, 0.25) is 0 Å². The molecule has 1 aromatic rings. The highest BCUT2D eigenvalue weighted by Crippen LogP contribution is 2.21. The molecule has 0 aromatic heterocycles. The largest absolute Gasteiger partial charge is 0.394 e. The van der Waals surface area contributed by atoms with E-state index in [1.807, 2.05) is 0 Å². The normalized spacial score (nSPS) is 12.0. The Morgan fingerprint density at radius 1 is 1.62 bits per heavy atom. The molecule has 0 unspecified atom stereocenters. The molecule has 2 amide bonds. The second-order valence-electron chi connectivity index (χ2n) is 3.28. The van der Waals surface area contributed by atoms with Crippen molar-refractivity contribution < 1.29 is 14.3 Å². The van der Waals surface area contributed by atoms with E-state index in [-0.39, 0.29) is 17.3 Å². The van der Waals surface area contributed by atoms with Gasteiger partial charge in [-0.3, -0.25) is 0 Å². The van der Waals surface area contributed by atoms with Crippen molar-refractivity contribution in [2.45, 2.75) is 13.0 Å². The Morgan fingerprint density at radius 2 is 2.31 bits per heavy atom. The molecule has 3 N–H and O–H groups in total. The van der Waals surface area contributed by atoms with Gasteiger partial charge in [0.15, 0.2) is 5.82 Å². The van der Waals surface area contributed by atoms with Crippen LogP contribution in [0.25, 0.3) is 0 Å². The Labute approximate surface area is 97.4 Å². The minimum Gasteiger partial charge on any atom is -0.394 e. The number of carbonyl (C=O) groups is 1. The quantitative estimate of drug-likeness (QED) is 0.764. The monoisotopic (exact) mass is 246 g/mol. The third kappa shape index (κ3) is 3.36. The molecule has 0 aliphatic rings. The van der Waals surface area contributed by atoms with Gasteiger partial charge in [-0.15, -0.1) is 0 Å². The second-order valence-corrected chi connectivity index (χ2v) is 3.69. The summed E-state index contributed by atoms with van der Waals surface area (Å²) in [5, 5.41) is 13.4. The molecule has 1 atom stereocenters. The summed E-state index contributed by atoms with van der Waals surface area (Å²) in [5.41, 5.74) is -0.00450. The van der Waals surface area contributed by atoms with Gasteiger partial charge in [0, 0.05) is 0 Å². The molecule has 0 saturated heterocycles. The first kappa shape index (κ1) is 12.7. The summed E-state index contributed by atoms with van der Waals surface area (Å²) in [6.45, 7) is 1.43. The number of benzene rings is 1. The molecule has 0 aliphatic carbocycles. The molecule has 1 rings (SSSR count). The predicted octanol–water partition coefficient (Wildman–Crippen LogP) is 1.98. The highest BCUT2D eigenvalue weighted by Gasteiger charge is 2.10. The summed E-state index contributed by atoms with van der Waals surface area (Å²) < 4.78 is 13.4. The standard InChI is InChI=1S/C10H12ClFN2O2/c1-6(5-15)13-10(16)14-8-4-2-3-7(11)9(8)12/h2-4,6,15H,5H2,1H3,(H2,13,14,16)/t6-/m1/s1. The summed E-state index contributed by atoms with van der Waals surface area (Å²) in [6, 6.07) is 3.31. The van der Waals surface area contributed by atoms with Gasteiger partial charge in [0.05, 0.1) is 23.4 Å². The number of anilines is 1. The van der Waals surface area contributed by atoms with E-state index >= 15 is 0 Å². The Hall–Kier alpha value is -1.33. The number of hydrogen-bond acceptors (Lipinski definition) is 2. The van der Waals surface area contributed by atoms with Crippen LogP contribution in [0.2, 0.25) is 5.02 Å². The van der Waals surface area contributed by atoms with Crippen molar-refractivity contribution in [3.8, 4) is 0 Å². The van der Waals surface area contributed by atoms with E-state index in [1.165, 1.54) is 18.2 Å². The maximum absolute atomic E-state index is 13.4. The van der Waals surface area contributed by atoms with Crippen molar-refractivity contribution in [2.75, 3.05) is 11.9 Å². The van der Waals surface area contributed by atoms with Gasteiger partial charge < -0.3 is 15.7 Å². The van der Waals surface area contributed by atoms with Gasteiger partial charge in [0.25, 0.3) is 0 Å². The Morgan fingerprint density at radius 3 is 2.94 bits per heavy atom. The van der Waals surface area contributed by atoms with Gasteiger partial charge in [-0.25, -0.2) is 9.18 Å². The highest BCUT2D eigenvalue weighted by atomic mass is 35.5. The van der Waals surface area contributed by atoms with Gasteiger partial charge in [-0.1, -0.05) is 17.7 Å². The lowest BCUT2D eigenvalue weighted by Crippen LogP contribution is -2.38.